The van der Waals surface area contributed by atoms with Crippen LogP contribution in [0, 0.1) is 0 Å². The van der Waals surface area contributed by atoms with Crippen LogP contribution in [0.25, 0.3) is 11.0 Å². The number of aromatic nitrogens is 2. The van der Waals surface area contributed by atoms with Crippen molar-refractivity contribution in [3.63, 3.8) is 0 Å². The summed E-state index contributed by atoms with van der Waals surface area (Å²) >= 11 is 0. The van der Waals surface area contributed by atoms with Crippen LogP contribution in [0.5, 0.6) is 5.75 Å². The molecule has 0 radical (unpaired) electrons. The summed E-state index contributed by atoms with van der Waals surface area (Å²) in [6, 6.07) is 12.7. The minimum absolute atomic E-state index is 0.258. The predicted molar refractivity (Wildman–Crippen MR) is 80.6 cm³/mol. The summed E-state index contributed by atoms with van der Waals surface area (Å²) in [6.45, 7) is 2.44. The Balaban J connectivity index is 2.03. The number of ether oxygens (including phenoxy) is 1. The lowest BCUT2D eigenvalue weighted by Gasteiger charge is -2.16. The predicted octanol–water partition coefficient (Wildman–Crippen LogP) is 2.34. The van der Waals surface area contributed by atoms with Crippen molar-refractivity contribution < 1.29 is 9.84 Å². The first-order chi connectivity index (χ1) is 10.2. The van der Waals surface area contributed by atoms with Gasteiger partial charge in [0, 0.05) is 5.56 Å². The minimum atomic E-state index is -0.810. The van der Waals surface area contributed by atoms with E-state index in [9.17, 15) is 9.90 Å². The average Bonchev–Trinajstić information content (AvgIpc) is 2.86. The van der Waals surface area contributed by atoms with Crippen molar-refractivity contribution >= 4 is 11.0 Å². The van der Waals surface area contributed by atoms with Gasteiger partial charge in [-0.25, -0.2) is 4.79 Å². The maximum absolute atomic E-state index is 11.3. The molecule has 1 heterocycles. The number of H-pyrrole nitrogens is 2. The molecule has 0 saturated heterocycles. The van der Waals surface area contributed by atoms with Crippen LogP contribution in [-0.4, -0.2) is 21.7 Å². The summed E-state index contributed by atoms with van der Waals surface area (Å²) in [6.07, 6.45) is -0.810. The van der Waals surface area contributed by atoms with E-state index < -0.39 is 6.10 Å². The number of hydrogen-bond donors (Lipinski definition) is 3. The van der Waals surface area contributed by atoms with Crippen molar-refractivity contribution in [1.82, 2.24) is 9.97 Å². The summed E-state index contributed by atoms with van der Waals surface area (Å²) < 4.78 is 5.55. The number of aliphatic hydroxyl groups is 1. The van der Waals surface area contributed by atoms with Gasteiger partial charge in [0.1, 0.15) is 11.9 Å². The van der Waals surface area contributed by atoms with Gasteiger partial charge in [0.15, 0.2) is 0 Å². The van der Waals surface area contributed by atoms with Gasteiger partial charge in [0.2, 0.25) is 0 Å². The number of aliphatic hydroxyl groups excluding tert-OH is 1. The van der Waals surface area contributed by atoms with Crippen molar-refractivity contribution in [3.05, 3.63) is 64.1 Å². The molecule has 0 aliphatic heterocycles. The maximum atomic E-state index is 11.3. The molecule has 0 bridgehead atoms. The monoisotopic (exact) mass is 284 g/mol. The average molecular weight is 284 g/mol. The van der Waals surface area contributed by atoms with E-state index in [0.29, 0.717) is 34.5 Å². The number of nitrogens with one attached hydrogen (secondary N) is 2. The van der Waals surface area contributed by atoms with E-state index in [-0.39, 0.29) is 5.69 Å². The molecule has 0 aliphatic rings. The summed E-state index contributed by atoms with van der Waals surface area (Å²) in [7, 11) is 0. The lowest BCUT2D eigenvalue weighted by Crippen LogP contribution is -2.04. The van der Waals surface area contributed by atoms with Gasteiger partial charge in [-0.1, -0.05) is 24.3 Å². The first-order valence-corrected chi connectivity index (χ1v) is 6.80. The molecule has 3 N–H and O–H groups in total. The lowest BCUT2D eigenvalue weighted by atomic mass is 10.0. The molecule has 5 nitrogen and oxygen atoms in total. The molecule has 3 aromatic rings. The van der Waals surface area contributed by atoms with Crippen LogP contribution < -0.4 is 10.4 Å². The Morgan fingerprint density at radius 3 is 2.71 bits per heavy atom. The highest BCUT2D eigenvalue weighted by Crippen LogP contribution is 2.30. The third-order valence-electron chi connectivity index (χ3n) is 3.37. The van der Waals surface area contributed by atoms with Crippen LogP contribution in [0.2, 0.25) is 0 Å². The molecule has 1 atom stereocenters. The molecule has 5 heteroatoms. The van der Waals surface area contributed by atoms with Crippen LogP contribution in [0.3, 0.4) is 0 Å². The second-order valence-corrected chi connectivity index (χ2v) is 4.76. The molecule has 21 heavy (non-hydrogen) atoms. The van der Waals surface area contributed by atoms with E-state index in [4.69, 9.17) is 4.74 Å². The van der Waals surface area contributed by atoms with Gasteiger partial charge >= 0.3 is 5.69 Å². The summed E-state index contributed by atoms with van der Waals surface area (Å²) in [5.41, 5.74) is 2.53. The third-order valence-corrected chi connectivity index (χ3v) is 3.37. The Morgan fingerprint density at radius 2 is 1.90 bits per heavy atom. The molecule has 0 amide bonds. The van der Waals surface area contributed by atoms with Crippen molar-refractivity contribution in [2.24, 2.45) is 0 Å². The summed E-state index contributed by atoms with van der Waals surface area (Å²) in [5.74, 6) is 0.662. The van der Waals surface area contributed by atoms with Crippen molar-refractivity contribution in [3.8, 4) is 5.75 Å². The van der Waals surface area contributed by atoms with Gasteiger partial charge in [-0.15, -0.1) is 0 Å². The lowest BCUT2D eigenvalue weighted by molar-refractivity contribution is 0.212. The quantitative estimate of drug-likeness (QED) is 0.688. The van der Waals surface area contributed by atoms with Gasteiger partial charge in [-0.3, -0.25) is 0 Å². The van der Waals surface area contributed by atoms with E-state index in [1.165, 1.54) is 0 Å². The molecule has 0 fully saturated rings. The fourth-order valence-corrected chi connectivity index (χ4v) is 2.39. The van der Waals surface area contributed by atoms with Gasteiger partial charge in [0.05, 0.1) is 17.6 Å². The number of para-hydroxylation sites is 1. The largest absolute Gasteiger partial charge is 0.493 e. The second-order valence-electron chi connectivity index (χ2n) is 4.76. The molecule has 0 saturated carbocycles. The normalized spacial score (nSPS) is 12.5. The standard InChI is InChI=1S/C16H16N2O3/c1-2-21-14-6-4-3-5-11(14)15(19)10-7-8-12-13(9-10)18-16(20)17-12/h3-9,15,19H,2H2,1H3,(H2,17,18,20). The van der Waals surface area contributed by atoms with Gasteiger partial charge < -0.3 is 19.8 Å². The SMILES string of the molecule is CCOc1ccccc1C(O)c1ccc2[nH]c(=O)[nH]c2c1. The minimum Gasteiger partial charge on any atom is -0.493 e. The molecular weight excluding hydrogens is 268 g/mol. The summed E-state index contributed by atoms with van der Waals surface area (Å²) in [5, 5.41) is 10.6. The molecule has 1 unspecified atom stereocenters. The fraction of sp³-hybridized carbons (Fsp3) is 0.188. The summed E-state index contributed by atoms with van der Waals surface area (Å²) in [4.78, 5) is 16.7. The molecule has 2 aromatic carbocycles. The maximum Gasteiger partial charge on any atom is 0.323 e. The number of hydrogen-bond acceptors (Lipinski definition) is 3. The Bertz CT molecular complexity index is 820. The molecule has 0 spiro atoms. The first kappa shape index (κ1) is 13.5. The van der Waals surface area contributed by atoms with Crippen LogP contribution in [0.1, 0.15) is 24.2 Å². The highest BCUT2D eigenvalue weighted by atomic mass is 16.5. The zero-order valence-corrected chi connectivity index (χ0v) is 11.6. The zero-order valence-electron chi connectivity index (χ0n) is 11.6. The number of fused-ring (bicyclic) bond motifs is 1. The number of aromatic amines is 2. The van der Waals surface area contributed by atoms with Crippen LogP contribution >= 0.6 is 0 Å². The van der Waals surface area contributed by atoms with Crippen molar-refractivity contribution in [2.75, 3.05) is 6.61 Å². The first-order valence-electron chi connectivity index (χ1n) is 6.80. The van der Waals surface area contributed by atoms with E-state index >= 15 is 0 Å². The fourth-order valence-electron chi connectivity index (χ4n) is 2.39. The van der Waals surface area contributed by atoms with Crippen LogP contribution in [0.4, 0.5) is 0 Å². The molecule has 1 aromatic heterocycles. The highest BCUT2D eigenvalue weighted by molar-refractivity contribution is 5.75. The van der Waals surface area contributed by atoms with E-state index in [0.717, 1.165) is 0 Å². The Hall–Kier alpha value is -2.53. The van der Waals surface area contributed by atoms with E-state index in [1.54, 1.807) is 18.2 Å². The smallest absolute Gasteiger partial charge is 0.323 e. The van der Waals surface area contributed by atoms with Crippen molar-refractivity contribution in [1.29, 1.82) is 0 Å². The van der Waals surface area contributed by atoms with Crippen LogP contribution in [-0.2, 0) is 0 Å². The van der Waals surface area contributed by atoms with Crippen molar-refractivity contribution in [2.45, 2.75) is 13.0 Å². The van der Waals surface area contributed by atoms with E-state index in [1.807, 2.05) is 31.2 Å². The van der Waals surface area contributed by atoms with Crippen LogP contribution in [0.15, 0.2) is 47.3 Å². The van der Waals surface area contributed by atoms with Gasteiger partial charge in [-0.05, 0) is 30.7 Å². The highest BCUT2D eigenvalue weighted by Gasteiger charge is 2.16. The Morgan fingerprint density at radius 1 is 1.14 bits per heavy atom. The number of rotatable bonds is 4. The molecule has 108 valence electrons. The van der Waals surface area contributed by atoms with E-state index in [2.05, 4.69) is 9.97 Å². The second kappa shape index (κ2) is 5.46. The Labute approximate surface area is 121 Å². The third kappa shape index (κ3) is 2.55. The van der Waals surface area contributed by atoms with Gasteiger partial charge in [0.25, 0.3) is 0 Å². The zero-order chi connectivity index (χ0) is 14.8. The molecule has 3 rings (SSSR count). The Kier molecular flexibility index (Phi) is 3.50. The topological polar surface area (TPSA) is 78.1 Å². The van der Waals surface area contributed by atoms with Gasteiger partial charge in [-0.2, -0.15) is 0 Å². The number of benzene rings is 2. The molecule has 0 aliphatic carbocycles. The molecular formula is C16H16N2O3. The number of imidazole rings is 1.